The number of hydrogen-bond donors (Lipinski definition) is 1. The smallest absolute Gasteiger partial charge is 0.0948 e. The highest BCUT2D eigenvalue weighted by Crippen LogP contribution is 2.25. The van der Waals surface area contributed by atoms with Gasteiger partial charge in [-0.1, -0.05) is 6.07 Å². The van der Waals surface area contributed by atoms with Gasteiger partial charge in [-0.15, -0.1) is 11.3 Å². The lowest BCUT2D eigenvalue weighted by Gasteiger charge is -2.34. The summed E-state index contributed by atoms with van der Waals surface area (Å²) >= 11 is 1.80. The molecule has 4 nitrogen and oxygen atoms in total. The lowest BCUT2D eigenvalue weighted by atomic mass is 10.1. The van der Waals surface area contributed by atoms with Gasteiger partial charge in [-0.3, -0.25) is 4.90 Å². The van der Waals surface area contributed by atoms with E-state index in [1.807, 2.05) is 12.5 Å². The maximum absolute atomic E-state index is 6.08. The maximum atomic E-state index is 6.08. The number of aromatic nitrogens is 2. The van der Waals surface area contributed by atoms with Crippen molar-refractivity contribution in [3.8, 4) is 0 Å². The molecule has 2 aromatic heterocycles. The Bertz CT molecular complexity index is 504. The second-order valence-electron chi connectivity index (χ2n) is 5.20. The lowest BCUT2D eigenvalue weighted by Crippen LogP contribution is -2.39. The maximum Gasteiger partial charge on any atom is 0.0948 e. The van der Waals surface area contributed by atoms with Crippen LogP contribution >= 0.6 is 11.3 Å². The van der Waals surface area contributed by atoms with Gasteiger partial charge in [0, 0.05) is 36.8 Å². The molecule has 0 saturated heterocycles. The molecule has 0 spiro atoms. The van der Waals surface area contributed by atoms with Crippen molar-refractivity contribution < 1.29 is 0 Å². The van der Waals surface area contributed by atoms with Crippen LogP contribution in [0.5, 0.6) is 0 Å². The van der Waals surface area contributed by atoms with Crippen LogP contribution in [0.2, 0.25) is 0 Å². The van der Waals surface area contributed by atoms with E-state index >= 15 is 0 Å². The fraction of sp³-hybridized carbons (Fsp3) is 0.533. The van der Waals surface area contributed by atoms with E-state index in [0.717, 1.165) is 13.1 Å². The van der Waals surface area contributed by atoms with Crippen LogP contribution in [0.25, 0.3) is 0 Å². The van der Waals surface area contributed by atoms with Crippen LogP contribution < -0.4 is 5.73 Å². The second-order valence-corrected chi connectivity index (χ2v) is 6.23. The molecule has 0 radical (unpaired) electrons. The molecule has 110 valence electrons. The van der Waals surface area contributed by atoms with Crippen LogP contribution in [0, 0.1) is 0 Å². The molecular weight excluding hydrogens is 268 g/mol. The van der Waals surface area contributed by atoms with Crippen LogP contribution in [0.3, 0.4) is 0 Å². The van der Waals surface area contributed by atoms with Crippen molar-refractivity contribution in [2.24, 2.45) is 5.73 Å². The van der Waals surface area contributed by atoms with E-state index in [1.165, 1.54) is 10.6 Å². The average molecular weight is 292 g/mol. The van der Waals surface area contributed by atoms with Crippen molar-refractivity contribution in [2.45, 2.75) is 45.9 Å². The molecule has 0 aromatic carbocycles. The summed E-state index contributed by atoms with van der Waals surface area (Å²) < 4.78 is 2.18. The highest BCUT2D eigenvalue weighted by atomic mass is 32.1. The van der Waals surface area contributed by atoms with Crippen molar-refractivity contribution in [3.05, 3.63) is 40.6 Å². The summed E-state index contributed by atoms with van der Waals surface area (Å²) in [6.45, 7) is 9.06. The summed E-state index contributed by atoms with van der Waals surface area (Å²) in [5.74, 6) is 0. The van der Waals surface area contributed by atoms with Gasteiger partial charge in [0.15, 0.2) is 0 Å². The Morgan fingerprint density at radius 2 is 2.25 bits per heavy atom. The Kier molecular flexibility index (Phi) is 5.34. The fourth-order valence-electron chi connectivity index (χ4n) is 2.53. The zero-order valence-corrected chi connectivity index (χ0v) is 13.3. The molecule has 0 saturated carbocycles. The first-order valence-electron chi connectivity index (χ1n) is 7.15. The van der Waals surface area contributed by atoms with E-state index in [4.69, 9.17) is 5.73 Å². The molecule has 2 heterocycles. The molecule has 1 unspecified atom stereocenters. The van der Waals surface area contributed by atoms with Crippen LogP contribution in [-0.4, -0.2) is 27.0 Å². The van der Waals surface area contributed by atoms with Crippen LogP contribution in [-0.2, 0) is 13.1 Å². The summed E-state index contributed by atoms with van der Waals surface area (Å²) in [4.78, 5) is 8.11. The quantitative estimate of drug-likeness (QED) is 0.853. The minimum Gasteiger partial charge on any atom is -0.333 e. The third-order valence-corrected chi connectivity index (χ3v) is 4.49. The first kappa shape index (κ1) is 15.2. The Morgan fingerprint density at radius 3 is 2.80 bits per heavy atom. The molecule has 20 heavy (non-hydrogen) atoms. The molecular formula is C15H24N4S. The molecule has 1 atom stereocenters. The zero-order chi connectivity index (χ0) is 14.5. The van der Waals surface area contributed by atoms with E-state index in [-0.39, 0.29) is 6.04 Å². The number of nitrogens with zero attached hydrogens (tertiary/aromatic N) is 3. The van der Waals surface area contributed by atoms with Gasteiger partial charge in [0.1, 0.15) is 0 Å². The summed E-state index contributed by atoms with van der Waals surface area (Å²) in [6.07, 6.45) is 3.84. The van der Waals surface area contributed by atoms with Crippen LogP contribution in [0.4, 0.5) is 0 Å². The summed E-state index contributed by atoms with van der Waals surface area (Å²) in [5, 5.41) is 2.13. The van der Waals surface area contributed by atoms with Crippen LogP contribution in [0.15, 0.2) is 30.0 Å². The summed E-state index contributed by atoms with van der Waals surface area (Å²) in [6, 6.07) is 4.93. The minimum atomic E-state index is 0.208. The molecule has 0 bridgehead atoms. The number of rotatable bonds is 7. The highest BCUT2D eigenvalue weighted by molar-refractivity contribution is 7.09. The molecule has 2 rings (SSSR count). The topological polar surface area (TPSA) is 47.1 Å². The van der Waals surface area contributed by atoms with E-state index in [9.17, 15) is 0 Å². The van der Waals surface area contributed by atoms with Crippen molar-refractivity contribution >= 4 is 11.3 Å². The van der Waals surface area contributed by atoms with E-state index in [1.54, 1.807) is 11.3 Å². The van der Waals surface area contributed by atoms with E-state index in [2.05, 4.69) is 52.7 Å². The Hall–Kier alpha value is -1.17. The van der Waals surface area contributed by atoms with E-state index < -0.39 is 0 Å². The Morgan fingerprint density at radius 1 is 1.45 bits per heavy atom. The molecule has 5 heteroatoms. The highest BCUT2D eigenvalue weighted by Gasteiger charge is 2.24. The van der Waals surface area contributed by atoms with Gasteiger partial charge in [0.05, 0.1) is 18.1 Å². The standard InChI is InChI=1S/C15H24N4S/c1-4-18-11-17-9-15(18)14(8-16)19(12(2)3)10-13-6-5-7-20-13/h5-7,9,11-12,14H,4,8,10,16H2,1-3H3. The van der Waals surface area contributed by atoms with Gasteiger partial charge < -0.3 is 10.3 Å². The number of hydrogen-bond acceptors (Lipinski definition) is 4. The molecule has 0 aliphatic heterocycles. The third kappa shape index (κ3) is 3.29. The number of aryl methyl sites for hydroxylation is 1. The van der Waals surface area contributed by atoms with Gasteiger partial charge in [-0.2, -0.15) is 0 Å². The minimum absolute atomic E-state index is 0.208. The Balaban J connectivity index is 2.25. The SMILES string of the molecule is CCn1cncc1C(CN)N(Cc1cccs1)C(C)C. The predicted molar refractivity (Wildman–Crippen MR) is 84.7 cm³/mol. The van der Waals surface area contributed by atoms with Gasteiger partial charge in [0.25, 0.3) is 0 Å². The molecule has 0 aliphatic carbocycles. The second kappa shape index (κ2) is 7.02. The van der Waals surface area contributed by atoms with Gasteiger partial charge >= 0.3 is 0 Å². The number of thiophene rings is 1. The predicted octanol–water partition coefficient (Wildman–Crippen LogP) is 2.87. The fourth-order valence-corrected chi connectivity index (χ4v) is 3.25. The number of imidazole rings is 1. The van der Waals surface area contributed by atoms with Crippen LogP contribution in [0.1, 0.15) is 37.4 Å². The van der Waals surface area contributed by atoms with Crippen molar-refractivity contribution in [1.29, 1.82) is 0 Å². The van der Waals surface area contributed by atoms with Crippen molar-refractivity contribution in [1.82, 2.24) is 14.5 Å². The van der Waals surface area contributed by atoms with Crippen molar-refractivity contribution in [2.75, 3.05) is 6.54 Å². The normalized spacial score (nSPS) is 13.3. The third-order valence-electron chi connectivity index (χ3n) is 3.63. The van der Waals surface area contributed by atoms with Crippen molar-refractivity contribution in [3.63, 3.8) is 0 Å². The zero-order valence-electron chi connectivity index (χ0n) is 12.5. The number of nitrogens with two attached hydrogens (primary N) is 1. The monoisotopic (exact) mass is 292 g/mol. The molecule has 0 aliphatic rings. The first-order valence-corrected chi connectivity index (χ1v) is 8.03. The van der Waals surface area contributed by atoms with Gasteiger partial charge in [-0.25, -0.2) is 4.98 Å². The Labute approximate surface area is 125 Å². The first-order chi connectivity index (χ1) is 9.67. The molecule has 0 fully saturated rings. The molecule has 0 amide bonds. The lowest BCUT2D eigenvalue weighted by molar-refractivity contribution is 0.143. The average Bonchev–Trinajstić information content (AvgIpc) is 3.09. The molecule has 2 aromatic rings. The van der Waals surface area contributed by atoms with E-state index in [0.29, 0.717) is 12.6 Å². The van der Waals surface area contributed by atoms with Gasteiger partial charge in [0.2, 0.25) is 0 Å². The summed E-state index contributed by atoms with van der Waals surface area (Å²) in [5.41, 5.74) is 7.28. The summed E-state index contributed by atoms with van der Waals surface area (Å²) in [7, 11) is 0. The largest absolute Gasteiger partial charge is 0.333 e. The molecule has 2 N–H and O–H groups in total. The van der Waals surface area contributed by atoms with Gasteiger partial charge in [-0.05, 0) is 32.2 Å².